The molecule has 0 spiro atoms. The number of nitrogens with zero attached hydrogens (tertiary/aromatic N) is 2. The first-order valence-electron chi connectivity index (χ1n) is 4.96. The molecule has 0 amide bonds. The zero-order valence-electron chi connectivity index (χ0n) is 8.83. The van der Waals surface area contributed by atoms with Crippen LogP contribution in [0.15, 0.2) is 24.4 Å². The number of anilines is 1. The SMILES string of the molecule is CNc1ccn([C@H]2C=C[C@@H](CO)O2)c(=S)n1. The van der Waals surface area contributed by atoms with Gasteiger partial charge in [0.1, 0.15) is 11.9 Å². The molecule has 6 heteroatoms. The molecule has 2 rings (SSSR count). The maximum absolute atomic E-state index is 8.95. The van der Waals surface area contributed by atoms with Crippen LogP contribution in [-0.4, -0.2) is 34.4 Å². The standard InChI is InChI=1S/C10H13N3O2S/c1-11-8-4-5-13(10(16)12-8)9-3-2-7(6-14)15-9/h2-5,7,9,14H,6H2,1H3,(H,11,12,16)/t7-,9+/m0/s1. The van der Waals surface area contributed by atoms with Crippen LogP contribution in [0.2, 0.25) is 0 Å². The molecule has 1 aromatic rings. The van der Waals surface area contributed by atoms with Crippen molar-refractivity contribution >= 4 is 18.0 Å². The molecule has 0 aromatic carbocycles. The monoisotopic (exact) mass is 239 g/mol. The molecule has 0 saturated carbocycles. The Bertz CT molecular complexity index is 458. The summed E-state index contributed by atoms with van der Waals surface area (Å²) in [5.41, 5.74) is 0. The molecule has 5 nitrogen and oxygen atoms in total. The Hall–Kier alpha value is -1.24. The summed E-state index contributed by atoms with van der Waals surface area (Å²) in [4.78, 5) is 4.18. The van der Waals surface area contributed by atoms with Crippen LogP contribution in [0.4, 0.5) is 5.82 Å². The molecule has 2 N–H and O–H groups in total. The molecule has 0 aliphatic carbocycles. The number of ether oxygens (including phenoxy) is 1. The molecular formula is C10H13N3O2S. The van der Waals surface area contributed by atoms with Crippen molar-refractivity contribution in [2.24, 2.45) is 0 Å². The number of rotatable bonds is 3. The highest BCUT2D eigenvalue weighted by atomic mass is 32.1. The molecule has 0 saturated heterocycles. The predicted octanol–water partition coefficient (Wildman–Crippen LogP) is 1.10. The Kier molecular flexibility index (Phi) is 3.33. The van der Waals surface area contributed by atoms with E-state index in [1.807, 2.05) is 24.4 Å². The molecule has 2 atom stereocenters. The van der Waals surface area contributed by atoms with E-state index < -0.39 is 0 Å². The molecule has 16 heavy (non-hydrogen) atoms. The molecule has 0 radical (unpaired) electrons. The summed E-state index contributed by atoms with van der Waals surface area (Å²) < 4.78 is 7.71. The maximum atomic E-state index is 8.95. The van der Waals surface area contributed by atoms with Crippen LogP contribution in [0, 0.1) is 4.77 Å². The summed E-state index contributed by atoms with van der Waals surface area (Å²) >= 11 is 5.15. The number of hydrogen-bond donors (Lipinski definition) is 2. The molecular weight excluding hydrogens is 226 g/mol. The van der Waals surface area contributed by atoms with Gasteiger partial charge in [0, 0.05) is 13.2 Å². The maximum Gasteiger partial charge on any atom is 0.203 e. The lowest BCUT2D eigenvalue weighted by Gasteiger charge is -2.15. The number of aliphatic hydroxyl groups is 1. The van der Waals surface area contributed by atoms with Crippen LogP contribution in [0.1, 0.15) is 6.23 Å². The van der Waals surface area contributed by atoms with Crippen molar-refractivity contribution < 1.29 is 9.84 Å². The van der Waals surface area contributed by atoms with Crippen LogP contribution in [0.25, 0.3) is 0 Å². The van der Waals surface area contributed by atoms with Crippen molar-refractivity contribution in [2.75, 3.05) is 19.0 Å². The fourth-order valence-corrected chi connectivity index (χ4v) is 1.76. The summed E-state index contributed by atoms with van der Waals surface area (Å²) in [6, 6.07) is 1.82. The highest BCUT2D eigenvalue weighted by Gasteiger charge is 2.19. The number of hydrogen-bond acceptors (Lipinski definition) is 5. The number of aromatic nitrogens is 2. The lowest BCUT2D eigenvalue weighted by Crippen LogP contribution is -2.16. The van der Waals surface area contributed by atoms with Gasteiger partial charge in [-0.25, -0.2) is 4.98 Å². The normalized spacial score (nSPS) is 23.6. The molecule has 1 aromatic heterocycles. The molecule has 1 aliphatic heterocycles. The van der Waals surface area contributed by atoms with Gasteiger partial charge in [-0.05, 0) is 24.4 Å². The van der Waals surface area contributed by atoms with E-state index in [0.717, 1.165) is 5.82 Å². The van der Waals surface area contributed by atoms with Crippen LogP contribution in [0.5, 0.6) is 0 Å². The molecule has 0 unspecified atom stereocenters. The van der Waals surface area contributed by atoms with Crippen molar-refractivity contribution in [2.45, 2.75) is 12.3 Å². The lowest BCUT2D eigenvalue weighted by molar-refractivity contribution is -0.00933. The van der Waals surface area contributed by atoms with E-state index in [4.69, 9.17) is 22.1 Å². The van der Waals surface area contributed by atoms with Gasteiger partial charge < -0.3 is 15.2 Å². The van der Waals surface area contributed by atoms with Crippen molar-refractivity contribution in [3.8, 4) is 0 Å². The molecule has 0 bridgehead atoms. The van der Waals surface area contributed by atoms with E-state index in [0.29, 0.717) is 4.77 Å². The summed E-state index contributed by atoms with van der Waals surface area (Å²) in [7, 11) is 1.79. The summed E-state index contributed by atoms with van der Waals surface area (Å²) in [6.45, 7) is -0.0254. The topological polar surface area (TPSA) is 59.3 Å². The summed E-state index contributed by atoms with van der Waals surface area (Å²) in [6.07, 6.45) is 4.96. The Balaban J connectivity index is 2.23. The van der Waals surface area contributed by atoms with Crippen molar-refractivity contribution in [1.29, 1.82) is 0 Å². The first-order chi connectivity index (χ1) is 7.74. The Labute approximate surface area is 98.4 Å². The van der Waals surface area contributed by atoms with Gasteiger partial charge in [0.2, 0.25) is 4.77 Å². The van der Waals surface area contributed by atoms with E-state index in [1.165, 1.54) is 0 Å². The van der Waals surface area contributed by atoms with Gasteiger partial charge in [0.15, 0.2) is 6.23 Å². The van der Waals surface area contributed by atoms with E-state index in [2.05, 4.69) is 10.3 Å². The highest BCUT2D eigenvalue weighted by molar-refractivity contribution is 7.71. The van der Waals surface area contributed by atoms with Gasteiger partial charge in [-0.2, -0.15) is 0 Å². The van der Waals surface area contributed by atoms with E-state index in [9.17, 15) is 0 Å². The van der Waals surface area contributed by atoms with E-state index in [1.54, 1.807) is 11.6 Å². The highest BCUT2D eigenvalue weighted by Crippen LogP contribution is 2.21. The fourth-order valence-electron chi connectivity index (χ4n) is 1.50. The smallest absolute Gasteiger partial charge is 0.203 e. The number of aliphatic hydroxyl groups excluding tert-OH is 1. The van der Waals surface area contributed by atoms with Crippen molar-refractivity contribution in [3.05, 3.63) is 29.2 Å². The van der Waals surface area contributed by atoms with Gasteiger partial charge >= 0.3 is 0 Å². The lowest BCUT2D eigenvalue weighted by atomic mass is 10.4. The zero-order valence-corrected chi connectivity index (χ0v) is 9.65. The largest absolute Gasteiger partial charge is 0.393 e. The molecule has 0 fully saturated rings. The third-order valence-corrected chi connectivity index (χ3v) is 2.65. The van der Waals surface area contributed by atoms with Crippen LogP contribution >= 0.6 is 12.2 Å². The average molecular weight is 239 g/mol. The van der Waals surface area contributed by atoms with E-state index in [-0.39, 0.29) is 18.9 Å². The zero-order chi connectivity index (χ0) is 11.5. The van der Waals surface area contributed by atoms with Gasteiger partial charge in [0.25, 0.3) is 0 Å². The molecule has 1 aliphatic rings. The summed E-state index contributed by atoms with van der Waals surface area (Å²) in [5.74, 6) is 0.724. The average Bonchev–Trinajstić information content (AvgIpc) is 2.77. The van der Waals surface area contributed by atoms with Gasteiger partial charge in [-0.1, -0.05) is 6.08 Å². The number of nitrogens with one attached hydrogen (secondary N) is 1. The third kappa shape index (κ3) is 2.13. The van der Waals surface area contributed by atoms with Gasteiger partial charge in [-0.3, -0.25) is 4.57 Å². The van der Waals surface area contributed by atoms with E-state index >= 15 is 0 Å². The van der Waals surface area contributed by atoms with Crippen molar-refractivity contribution in [3.63, 3.8) is 0 Å². The van der Waals surface area contributed by atoms with Crippen LogP contribution in [0.3, 0.4) is 0 Å². The Morgan fingerprint density at radius 1 is 1.62 bits per heavy atom. The minimum Gasteiger partial charge on any atom is -0.393 e. The molecule has 2 heterocycles. The van der Waals surface area contributed by atoms with Crippen molar-refractivity contribution in [1.82, 2.24) is 9.55 Å². The first-order valence-corrected chi connectivity index (χ1v) is 5.37. The fraction of sp³-hybridized carbons (Fsp3) is 0.400. The second-order valence-corrected chi connectivity index (χ2v) is 3.75. The van der Waals surface area contributed by atoms with Crippen LogP contribution < -0.4 is 5.32 Å². The Morgan fingerprint density at radius 3 is 3.00 bits per heavy atom. The predicted molar refractivity (Wildman–Crippen MR) is 62.7 cm³/mol. The Morgan fingerprint density at radius 2 is 2.44 bits per heavy atom. The minimum atomic E-state index is -0.275. The molecule has 86 valence electrons. The summed E-state index contributed by atoms with van der Waals surface area (Å²) in [5, 5.41) is 11.9. The van der Waals surface area contributed by atoms with Gasteiger partial charge in [0.05, 0.1) is 6.61 Å². The second kappa shape index (κ2) is 4.73. The van der Waals surface area contributed by atoms with Gasteiger partial charge in [-0.15, -0.1) is 0 Å². The third-order valence-electron chi connectivity index (χ3n) is 2.34. The first kappa shape index (κ1) is 11.3. The quantitative estimate of drug-likeness (QED) is 0.611. The van der Waals surface area contributed by atoms with Crippen LogP contribution in [-0.2, 0) is 4.74 Å². The second-order valence-electron chi connectivity index (χ2n) is 3.39. The minimum absolute atomic E-state index is 0.0254.